The second kappa shape index (κ2) is 9.10. The molecule has 0 bridgehead atoms. The van der Waals surface area contributed by atoms with Gasteiger partial charge >= 0.3 is 7.12 Å². The molecule has 0 amide bonds. The smallest absolute Gasteiger partial charge is 0.423 e. The molecule has 3 aromatic rings. The summed E-state index contributed by atoms with van der Waals surface area (Å²) in [5.41, 5.74) is 3.42. The Morgan fingerprint density at radius 2 is 1.27 bits per heavy atom. The third kappa shape index (κ3) is 4.89. The van der Waals surface area contributed by atoms with E-state index in [4.69, 9.17) is 10.0 Å². The molecule has 26 heavy (non-hydrogen) atoms. The van der Waals surface area contributed by atoms with E-state index in [1.807, 2.05) is 34.0 Å². The lowest BCUT2D eigenvalue weighted by atomic mass is 9.80. The standard InChI is InChI=1S/C20H18BNO2.C2H6/c1-22(2)20-12-9-17-13-16(5-8-18(17)14-20)4-3-15-6-10-19(11-7-15)21(23)24;1-2/h5-14,23-24H,1-2H3;1-2H3. The van der Waals surface area contributed by atoms with E-state index in [0.717, 1.165) is 16.5 Å². The number of rotatable bonds is 2. The van der Waals surface area contributed by atoms with Crippen LogP contribution in [-0.4, -0.2) is 31.3 Å². The van der Waals surface area contributed by atoms with E-state index in [-0.39, 0.29) is 0 Å². The number of fused-ring (bicyclic) bond motifs is 1. The highest BCUT2D eigenvalue weighted by molar-refractivity contribution is 6.58. The van der Waals surface area contributed by atoms with E-state index in [1.165, 1.54) is 11.1 Å². The average Bonchev–Trinajstić information content (AvgIpc) is 2.67. The van der Waals surface area contributed by atoms with E-state index >= 15 is 0 Å². The third-order valence-electron chi connectivity index (χ3n) is 3.90. The molecule has 0 saturated carbocycles. The monoisotopic (exact) mass is 345 g/mol. The van der Waals surface area contributed by atoms with Crippen LogP contribution >= 0.6 is 0 Å². The number of hydrogen-bond acceptors (Lipinski definition) is 3. The molecule has 2 N–H and O–H groups in total. The molecule has 0 fully saturated rings. The van der Waals surface area contributed by atoms with Crippen molar-refractivity contribution in [2.24, 2.45) is 0 Å². The Labute approximate surface area is 156 Å². The normalized spacial score (nSPS) is 9.62. The van der Waals surface area contributed by atoms with Crippen LogP contribution < -0.4 is 10.4 Å². The van der Waals surface area contributed by atoms with Gasteiger partial charge in [0.05, 0.1) is 0 Å². The van der Waals surface area contributed by atoms with Crippen molar-refractivity contribution in [1.82, 2.24) is 0 Å². The predicted octanol–water partition coefficient (Wildman–Crippen LogP) is 3.01. The van der Waals surface area contributed by atoms with Gasteiger partial charge in [0.25, 0.3) is 0 Å². The van der Waals surface area contributed by atoms with Crippen LogP contribution in [0.2, 0.25) is 0 Å². The number of anilines is 1. The molecule has 0 heterocycles. The van der Waals surface area contributed by atoms with E-state index in [0.29, 0.717) is 5.46 Å². The van der Waals surface area contributed by atoms with Gasteiger partial charge in [-0.15, -0.1) is 0 Å². The molecule has 3 aromatic carbocycles. The Balaban J connectivity index is 0.00000117. The van der Waals surface area contributed by atoms with E-state index in [1.54, 1.807) is 24.3 Å². The lowest BCUT2D eigenvalue weighted by molar-refractivity contribution is 0.426. The Hall–Kier alpha value is -2.74. The summed E-state index contributed by atoms with van der Waals surface area (Å²) in [4.78, 5) is 2.08. The molecule has 3 nitrogen and oxygen atoms in total. The van der Waals surface area contributed by atoms with Crippen LogP contribution in [-0.2, 0) is 0 Å². The summed E-state index contributed by atoms with van der Waals surface area (Å²) in [5, 5.41) is 20.5. The Morgan fingerprint density at radius 3 is 1.88 bits per heavy atom. The largest absolute Gasteiger partial charge is 0.488 e. The molecule has 0 aliphatic heterocycles. The minimum atomic E-state index is -1.44. The highest BCUT2D eigenvalue weighted by Crippen LogP contribution is 2.21. The molecular weight excluding hydrogens is 321 g/mol. The van der Waals surface area contributed by atoms with Crippen molar-refractivity contribution in [3.63, 3.8) is 0 Å². The molecule has 0 radical (unpaired) electrons. The first-order chi connectivity index (χ1) is 12.5. The molecule has 0 saturated heterocycles. The first-order valence-electron chi connectivity index (χ1n) is 8.72. The van der Waals surface area contributed by atoms with Crippen molar-refractivity contribution < 1.29 is 10.0 Å². The zero-order valence-corrected chi connectivity index (χ0v) is 15.7. The fourth-order valence-corrected chi connectivity index (χ4v) is 2.47. The Bertz CT molecular complexity index is 922. The Kier molecular flexibility index (Phi) is 6.85. The summed E-state index contributed by atoms with van der Waals surface area (Å²) >= 11 is 0. The molecule has 0 aromatic heterocycles. The van der Waals surface area contributed by atoms with Crippen molar-refractivity contribution in [2.45, 2.75) is 13.8 Å². The predicted molar refractivity (Wildman–Crippen MR) is 112 cm³/mol. The third-order valence-corrected chi connectivity index (χ3v) is 3.90. The van der Waals surface area contributed by atoms with Gasteiger partial charge in [-0.3, -0.25) is 0 Å². The second-order valence-electron chi connectivity index (χ2n) is 5.89. The maximum absolute atomic E-state index is 9.09. The van der Waals surface area contributed by atoms with Crippen LogP contribution in [0.1, 0.15) is 25.0 Å². The first kappa shape index (κ1) is 19.6. The molecule has 0 unspecified atom stereocenters. The second-order valence-corrected chi connectivity index (χ2v) is 5.89. The van der Waals surface area contributed by atoms with Crippen LogP contribution in [0, 0.1) is 11.8 Å². The number of hydrogen-bond donors (Lipinski definition) is 2. The van der Waals surface area contributed by atoms with Gasteiger partial charge in [-0.25, -0.2) is 0 Å². The van der Waals surface area contributed by atoms with Gasteiger partial charge in [-0.1, -0.05) is 50.0 Å². The summed E-state index contributed by atoms with van der Waals surface area (Å²) in [5.74, 6) is 6.25. The molecule has 3 rings (SSSR count). The van der Waals surface area contributed by atoms with Crippen molar-refractivity contribution in [2.75, 3.05) is 19.0 Å². The number of nitrogens with zero attached hydrogens (tertiary/aromatic N) is 1. The maximum Gasteiger partial charge on any atom is 0.488 e. The van der Waals surface area contributed by atoms with Crippen LogP contribution in [0.5, 0.6) is 0 Å². The van der Waals surface area contributed by atoms with Crippen molar-refractivity contribution >= 4 is 29.0 Å². The minimum absolute atomic E-state index is 0.461. The summed E-state index contributed by atoms with van der Waals surface area (Å²) in [6.45, 7) is 4.00. The summed E-state index contributed by atoms with van der Waals surface area (Å²) < 4.78 is 0. The van der Waals surface area contributed by atoms with Gasteiger partial charge in [-0.2, -0.15) is 0 Å². The maximum atomic E-state index is 9.09. The fourth-order valence-electron chi connectivity index (χ4n) is 2.47. The SMILES string of the molecule is CC.CN(C)c1ccc2cc(C#Cc3ccc(B(O)O)cc3)ccc2c1. The van der Waals surface area contributed by atoms with Gasteiger partial charge in [0.15, 0.2) is 0 Å². The van der Waals surface area contributed by atoms with Crippen LogP contribution in [0.25, 0.3) is 10.8 Å². The topological polar surface area (TPSA) is 43.7 Å². The van der Waals surface area contributed by atoms with Gasteiger partial charge in [0.1, 0.15) is 0 Å². The van der Waals surface area contributed by atoms with Gasteiger partial charge in [0.2, 0.25) is 0 Å². The van der Waals surface area contributed by atoms with Gasteiger partial charge in [-0.05, 0) is 52.6 Å². The molecule has 132 valence electrons. The lowest BCUT2D eigenvalue weighted by Crippen LogP contribution is -2.29. The summed E-state index contributed by atoms with van der Waals surface area (Å²) in [6.07, 6.45) is 0. The quantitative estimate of drug-likeness (QED) is 0.554. The first-order valence-corrected chi connectivity index (χ1v) is 8.72. The summed E-state index contributed by atoms with van der Waals surface area (Å²) in [6, 6.07) is 19.4. The van der Waals surface area contributed by atoms with E-state index in [9.17, 15) is 0 Å². The van der Waals surface area contributed by atoms with Crippen LogP contribution in [0.3, 0.4) is 0 Å². The van der Waals surface area contributed by atoms with E-state index < -0.39 is 7.12 Å². The van der Waals surface area contributed by atoms with Gasteiger partial charge in [0, 0.05) is 30.9 Å². The zero-order valence-electron chi connectivity index (χ0n) is 15.7. The van der Waals surface area contributed by atoms with Crippen LogP contribution in [0.4, 0.5) is 5.69 Å². The van der Waals surface area contributed by atoms with Crippen molar-refractivity contribution in [1.29, 1.82) is 0 Å². The molecule has 4 heteroatoms. The highest BCUT2D eigenvalue weighted by atomic mass is 16.4. The molecule has 0 aliphatic rings. The van der Waals surface area contributed by atoms with Gasteiger partial charge < -0.3 is 14.9 Å². The molecule has 0 spiro atoms. The van der Waals surface area contributed by atoms with Crippen molar-refractivity contribution in [3.8, 4) is 11.8 Å². The molecule has 0 aliphatic carbocycles. The minimum Gasteiger partial charge on any atom is -0.423 e. The summed E-state index contributed by atoms with van der Waals surface area (Å²) in [7, 11) is 2.61. The highest BCUT2D eigenvalue weighted by Gasteiger charge is 2.08. The van der Waals surface area contributed by atoms with E-state index in [2.05, 4.69) is 47.1 Å². The average molecular weight is 345 g/mol. The number of benzene rings is 3. The lowest BCUT2D eigenvalue weighted by Gasteiger charge is -2.13. The molecular formula is C22H24BNO2. The van der Waals surface area contributed by atoms with Crippen molar-refractivity contribution in [3.05, 3.63) is 71.8 Å². The Morgan fingerprint density at radius 1 is 0.731 bits per heavy atom. The zero-order chi connectivity index (χ0) is 19.1. The van der Waals surface area contributed by atoms with Crippen LogP contribution in [0.15, 0.2) is 60.7 Å². The fraction of sp³-hybridized carbons (Fsp3) is 0.182. The molecule has 0 atom stereocenters.